The Morgan fingerprint density at radius 1 is 1.39 bits per heavy atom. The predicted molar refractivity (Wildman–Crippen MR) is 69.4 cm³/mol. The maximum Gasteiger partial charge on any atom is 0.251 e. The average molecular weight is 249 g/mol. The van der Waals surface area contributed by atoms with Crippen LogP contribution in [0, 0.1) is 0 Å². The van der Waals surface area contributed by atoms with Gasteiger partial charge in [-0.05, 0) is 31.7 Å². The summed E-state index contributed by atoms with van der Waals surface area (Å²) in [7, 11) is 1.66. The smallest absolute Gasteiger partial charge is 0.251 e. The molecule has 18 heavy (non-hydrogen) atoms. The van der Waals surface area contributed by atoms with Crippen molar-refractivity contribution in [3.05, 3.63) is 34.2 Å². The van der Waals surface area contributed by atoms with Gasteiger partial charge >= 0.3 is 0 Å². The van der Waals surface area contributed by atoms with E-state index in [1.807, 2.05) is 0 Å². The second kappa shape index (κ2) is 5.35. The summed E-state index contributed by atoms with van der Waals surface area (Å²) in [6.45, 7) is 0. The predicted octanol–water partition coefficient (Wildman–Crippen LogP) is 0.385. The molecule has 1 saturated carbocycles. The van der Waals surface area contributed by atoms with Crippen LogP contribution in [0.1, 0.15) is 36.0 Å². The molecule has 0 atom stereocenters. The number of aromatic nitrogens is 1. The molecule has 5 heteroatoms. The number of hydrogen-bond acceptors (Lipinski definition) is 3. The topological polar surface area (TPSA) is 77.1 Å². The van der Waals surface area contributed by atoms with E-state index in [0.717, 1.165) is 25.7 Å². The van der Waals surface area contributed by atoms with Crippen molar-refractivity contribution in [3.63, 3.8) is 0 Å². The van der Waals surface area contributed by atoms with Crippen molar-refractivity contribution < 1.29 is 4.79 Å². The molecule has 1 heterocycles. The lowest BCUT2D eigenvalue weighted by molar-refractivity contribution is 0.0925. The van der Waals surface area contributed by atoms with Gasteiger partial charge in [0.2, 0.25) is 0 Å². The molecule has 3 N–H and O–H groups in total. The van der Waals surface area contributed by atoms with Gasteiger partial charge in [0.25, 0.3) is 11.5 Å². The number of hydrogen-bond donors (Lipinski definition) is 2. The van der Waals surface area contributed by atoms with Gasteiger partial charge in [0, 0.05) is 37.0 Å². The third kappa shape index (κ3) is 2.98. The first kappa shape index (κ1) is 12.8. The van der Waals surface area contributed by atoms with E-state index in [4.69, 9.17) is 5.73 Å². The SMILES string of the molecule is Cn1ccc(C(=O)NC2CCC(N)CC2)cc1=O. The zero-order valence-electron chi connectivity index (χ0n) is 10.6. The first-order chi connectivity index (χ1) is 8.56. The lowest BCUT2D eigenvalue weighted by Gasteiger charge is -2.26. The van der Waals surface area contributed by atoms with Crippen molar-refractivity contribution >= 4 is 5.91 Å². The second-order valence-corrected chi connectivity index (χ2v) is 4.95. The van der Waals surface area contributed by atoms with Crippen LogP contribution in [-0.2, 0) is 7.05 Å². The number of nitrogens with zero attached hydrogens (tertiary/aromatic N) is 1. The first-order valence-corrected chi connectivity index (χ1v) is 6.29. The number of nitrogens with two attached hydrogens (primary N) is 1. The number of pyridine rings is 1. The third-order valence-electron chi connectivity index (χ3n) is 3.47. The molecule has 0 spiro atoms. The molecule has 1 fully saturated rings. The molecule has 1 aliphatic carbocycles. The van der Waals surface area contributed by atoms with E-state index in [1.165, 1.54) is 10.6 Å². The molecule has 0 radical (unpaired) electrons. The van der Waals surface area contributed by atoms with Crippen LogP contribution in [0.4, 0.5) is 0 Å². The summed E-state index contributed by atoms with van der Waals surface area (Å²) in [6, 6.07) is 3.47. The molecule has 98 valence electrons. The monoisotopic (exact) mass is 249 g/mol. The van der Waals surface area contributed by atoms with Crippen LogP contribution in [-0.4, -0.2) is 22.6 Å². The minimum atomic E-state index is -0.173. The Morgan fingerprint density at radius 2 is 2.06 bits per heavy atom. The van der Waals surface area contributed by atoms with Gasteiger partial charge in [0.1, 0.15) is 0 Å². The van der Waals surface area contributed by atoms with E-state index in [1.54, 1.807) is 19.3 Å². The second-order valence-electron chi connectivity index (χ2n) is 4.95. The lowest BCUT2D eigenvalue weighted by atomic mass is 9.91. The molecular formula is C13H19N3O2. The van der Waals surface area contributed by atoms with Crippen molar-refractivity contribution in [2.75, 3.05) is 0 Å². The van der Waals surface area contributed by atoms with Crippen molar-refractivity contribution in [2.45, 2.75) is 37.8 Å². The van der Waals surface area contributed by atoms with Crippen LogP contribution in [0.2, 0.25) is 0 Å². The molecule has 0 unspecified atom stereocenters. The van der Waals surface area contributed by atoms with Gasteiger partial charge in [-0.3, -0.25) is 9.59 Å². The Balaban J connectivity index is 1.99. The highest BCUT2D eigenvalue weighted by Gasteiger charge is 2.20. The van der Waals surface area contributed by atoms with Gasteiger partial charge in [-0.25, -0.2) is 0 Å². The van der Waals surface area contributed by atoms with E-state index in [2.05, 4.69) is 5.32 Å². The van der Waals surface area contributed by atoms with Crippen LogP contribution in [0.5, 0.6) is 0 Å². The molecule has 2 rings (SSSR count). The normalized spacial score (nSPS) is 23.7. The lowest BCUT2D eigenvalue weighted by Crippen LogP contribution is -2.40. The summed E-state index contributed by atoms with van der Waals surface area (Å²) in [5.74, 6) is -0.173. The summed E-state index contributed by atoms with van der Waals surface area (Å²) in [6.07, 6.45) is 5.33. The number of nitrogens with one attached hydrogen (secondary N) is 1. The van der Waals surface area contributed by atoms with E-state index >= 15 is 0 Å². The van der Waals surface area contributed by atoms with Gasteiger partial charge in [0.05, 0.1) is 0 Å². The van der Waals surface area contributed by atoms with Crippen LogP contribution in [0.15, 0.2) is 23.1 Å². The summed E-state index contributed by atoms with van der Waals surface area (Å²) in [5, 5.41) is 2.96. The van der Waals surface area contributed by atoms with Gasteiger partial charge in [0.15, 0.2) is 0 Å². The van der Waals surface area contributed by atoms with Crippen LogP contribution >= 0.6 is 0 Å². The highest BCUT2D eigenvalue weighted by molar-refractivity contribution is 5.94. The van der Waals surface area contributed by atoms with Crippen molar-refractivity contribution in [2.24, 2.45) is 12.8 Å². The number of carbonyl (C=O) groups is 1. The zero-order valence-corrected chi connectivity index (χ0v) is 10.6. The summed E-state index contributed by atoms with van der Waals surface area (Å²) >= 11 is 0. The third-order valence-corrected chi connectivity index (χ3v) is 3.47. The fraction of sp³-hybridized carbons (Fsp3) is 0.538. The molecular weight excluding hydrogens is 230 g/mol. The summed E-state index contributed by atoms with van der Waals surface area (Å²) in [5.41, 5.74) is 6.07. The molecule has 0 bridgehead atoms. The fourth-order valence-electron chi connectivity index (χ4n) is 2.22. The largest absolute Gasteiger partial charge is 0.349 e. The number of rotatable bonds is 2. The molecule has 0 saturated heterocycles. The number of aryl methyl sites for hydroxylation is 1. The van der Waals surface area contributed by atoms with Crippen LogP contribution in [0.3, 0.4) is 0 Å². The quantitative estimate of drug-likeness (QED) is 0.795. The first-order valence-electron chi connectivity index (χ1n) is 6.29. The highest BCUT2D eigenvalue weighted by atomic mass is 16.2. The number of amides is 1. The van der Waals surface area contributed by atoms with E-state index in [0.29, 0.717) is 5.56 Å². The highest BCUT2D eigenvalue weighted by Crippen LogP contribution is 2.17. The summed E-state index contributed by atoms with van der Waals surface area (Å²) < 4.78 is 1.44. The van der Waals surface area contributed by atoms with Crippen molar-refractivity contribution in [1.29, 1.82) is 0 Å². The van der Waals surface area contributed by atoms with E-state index in [9.17, 15) is 9.59 Å². The van der Waals surface area contributed by atoms with Gasteiger partial charge in [-0.15, -0.1) is 0 Å². The van der Waals surface area contributed by atoms with E-state index < -0.39 is 0 Å². The molecule has 0 aliphatic heterocycles. The van der Waals surface area contributed by atoms with Crippen LogP contribution < -0.4 is 16.6 Å². The zero-order chi connectivity index (χ0) is 13.1. The van der Waals surface area contributed by atoms with Crippen molar-refractivity contribution in [1.82, 2.24) is 9.88 Å². The van der Waals surface area contributed by atoms with Crippen molar-refractivity contribution in [3.8, 4) is 0 Å². The van der Waals surface area contributed by atoms with Crippen LogP contribution in [0.25, 0.3) is 0 Å². The fourth-order valence-corrected chi connectivity index (χ4v) is 2.22. The minimum absolute atomic E-state index is 0.173. The maximum absolute atomic E-state index is 12.0. The van der Waals surface area contributed by atoms with E-state index in [-0.39, 0.29) is 23.6 Å². The minimum Gasteiger partial charge on any atom is -0.349 e. The average Bonchev–Trinajstić information content (AvgIpc) is 2.35. The molecule has 0 aromatic carbocycles. The number of carbonyl (C=O) groups excluding carboxylic acids is 1. The van der Waals surface area contributed by atoms with Gasteiger partial charge in [-0.2, -0.15) is 0 Å². The Hall–Kier alpha value is -1.62. The standard InChI is InChI=1S/C13H19N3O2/c1-16-7-6-9(8-12(16)17)13(18)15-11-4-2-10(14)3-5-11/h6-8,10-11H,2-5,14H2,1H3,(H,15,18). The van der Waals surface area contributed by atoms with Gasteiger partial charge in [-0.1, -0.05) is 0 Å². The Labute approximate surface area is 106 Å². The Kier molecular flexibility index (Phi) is 3.81. The molecule has 1 aliphatic rings. The Morgan fingerprint density at radius 3 is 2.67 bits per heavy atom. The molecule has 1 aromatic heterocycles. The maximum atomic E-state index is 12.0. The molecule has 1 amide bonds. The van der Waals surface area contributed by atoms with Gasteiger partial charge < -0.3 is 15.6 Å². The summed E-state index contributed by atoms with van der Waals surface area (Å²) in [4.78, 5) is 23.4. The molecule has 5 nitrogen and oxygen atoms in total. The Bertz CT molecular complexity index is 487. The molecule has 1 aromatic rings.